The molecule has 2 aliphatic rings. The number of carbonyl (C=O) groups excluding carboxylic acids is 1. The van der Waals surface area contributed by atoms with E-state index in [2.05, 4.69) is 6.92 Å². The molecule has 0 amide bonds. The Hall–Kier alpha value is -0.410. The third-order valence-corrected chi connectivity index (χ3v) is 5.29. The van der Waals surface area contributed by atoms with Gasteiger partial charge in [-0.1, -0.05) is 13.3 Å². The highest BCUT2D eigenvalue weighted by molar-refractivity contribution is 5.84. The molecule has 3 unspecified atom stereocenters. The van der Waals surface area contributed by atoms with Crippen molar-refractivity contribution in [1.82, 2.24) is 0 Å². The number of hydrogen-bond donors (Lipinski definition) is 1. The Morgan fingerprint density at radius 3 is 2.37 bits per heavy atom. The van der Waals surface area contributed by atoms with Crippen LogP contribution in [0.15, 0.2) is 0 Å². The molecule has 0 aromatic heterocycles. The summed E-state index contributed by atoms with van der Waals surface area (Å²) in [5.74, 6) is 1.23. The van der Waals surface area contributed by atoms with Gasteiger partial charge in [0.25, 0.3) is 0 Å². The second-order valence-electron chi connectivity index (χ2n) is 6.37. The number of ketones is 1. The molecule has 0 spiro atoms. The van der Waals surface area contributed by atoms with E-state index in [1.165, 1.54) is 19.3 Å². The minimum atomic E-state index is -0.491. The van der Waals surface area contributed by atoms with Crippen LogP contribution < -0.4 is 0 Å². The van der Waals surface area contributed by atoms with E-state index in [0.29, 0.717) is 12.2 Å². The van der Waals surface area contributed by atoms with Gasteiger partial charge in [0.15, 0.2) is 0 Å². The maximum Gasteiger partial charge on any atom is 0.141 e. The molecule has 0 saturated heterocycles. The van der Waals surface area contributed by atoms with Crippen molar-refractivity contribution in [2.24, 2.45) is 17.8 Å². The van der Waals surface area contributed by atoms with Crippen LogP contribution >= 0.6 is 0 Å². The van der Waals surface area contributed by atoms with Crippen molar-refractivity contribution in [3.63, 3.8) is 0 Å². The summed E-state index contributed by atoms with van der Waals surface area (Å²) in [6, 6.07) is 0. The lowest BCUT2D eigenvalue weighted by molar-refractivity contribution is -0.135. The van der Waals surface area contributed by atoms with Crippen LogP contribution in [-0.4, -0.2) is 30.2 Å². The molecule has 1 N–H and O–H groups in total. The molecule has 2 fully saturated rings. The maximum absolute atomic E-state index is 12.6. The fourth-order valence-electron chi connectivity index (χ4n) is 3.81. The lowest BCUT2D eigenvalue weighted by atomic mass is 9.72. The first-order valence-electron chi connectivity index (χ1n) is 7.90. The summed E-state index contributed by atoms with van der Waals surface area (Å²) in [6.45, 7) is 2.24. The Morgan fingerprint density at radius 2 is 1.84 bits per heavy atom. The summed E-state index contributed by atoms with van der Waals surface area (Å²) < 4.78 is 5.29. The van der Waals surface area contributed by atoms with Crippen LogP contribution in [0.1, 0.15) is 58.3 Å². The Labute approximate surface area is 116 Å². The van der Waals surface area contributed by atoms with Gasteiger partial charge in [0.2, 0.25) is 0 Å². The quantitative estimate of drug-likeness (QED) is 0.852. The average Bonchev–Trinajstić information content (AvgIpc) is 2.46. The SMILES string of the molecule is CCC1CCC(C(=O)C2CCC(OC)CC2O)CC1. The van der Waals surface area contributed by atoms with Crippen molar-refractivity contribution in [2.45, 2.75) is 70.5 Å². The predicted molar refractivity (Wildman–Crippen MR) is 74.9 cm³/mol. The molecule has 2 saturated carbocycles. The lowest BCUT2D eigenvalue weighted by Gasteiger charge is -2.35. The van der Waals surface area contributed by atoms with Crippen LogP contribution in [0, 0.1) is 17.8 Å². The van der Waals surface area contributed by atoms with Crippen molar-refractivity contribution in [3.05, 3.63) is 0 Å². The maximum atomic E-state index is 12.6. The Balaban J connectivity index is 1.86. The lowest BCUT2D eigenvalue weighted by Crippen LogP contribution is -2.40. The first-order valence-corrected chi connectivity index (χ1v) is 7.90. The molecule has 0 aromatic carbocycles. The van der Waals surface area contributed by atoms with Gasteiger partial charge in [-0.3, -0.25) is 4.79 Å². The summed E-state index contributed by atoms with van der Waals surface area (Å²) in [6.07, 6.45) is 7.67. The molecule has 0 bridgehead atoms. The molecule has 2 rings (SSSR count). The van der Waals surface area contributed by atoms with E-state index in [4.69, 9.17) is 4.74 Å². The molecule has 2 aliphatic carbocycles. The zero-order valence-electron chi connectivity index (χ0n) is 12.3. The van der Waals surface area contributed by atoms with Crippen molar-refractivity contribution in [2.75, 3.05) is 7.11 Å². The molecule has 110 valence electrons. The first-order chi connectivity index (χ1) is 9.15. The molecule has 0 heterocycles. The number of hydrogen-bond acceptors (Lipinski definition) is 3. The van der Waals surface area contributed by atoms with E-state index >= 15 is 0 Å². The molecular formula is C16H28O3. The van der Waals surface area contributed by atoms with Crippen LogP contribution in [0.5, 0.6) is 0 Å². The zero-order chi connectivity index (χ0) is 13.8. The van der Waals surface area contributed by atoms with E-state index < -0.39 is 6.10 Å². The number of ether oxygens (including phenoxy) is 1. The third-order valence-electron chi connectivity index (χ3n) is 5.29. The minimum absolute atomic E-state index is 0.130. The number of carbonyl (C=O) groups is 1. The Morgan fingerprint density at radius 1 is 1.16 bits per heavy atom. The normalized spacial score (nSPS) is 40.1. The van der Waals surface area contributed by atoms with Crippen molar-refractivity contribution in [3.8, 4) is 0 Å². The molecule has 3 heteroatoms. The second-order valence-corrected chi connectivity index (χ2v) is 6.37. The second kappa shape index (κ2) is 6.85. The van der Waals surface area contributed by atoms with Crippen LogP contribution in [-0.2, 0) is 9.53 Å². The van der Waals surface area contributed by atoms with Gasteiger partial charge in [0.1, 0.15) is 5.78 Å². The van der Waals surface area contributed by atoms with E-state index in [9.17, 15) is 9.90 Å². The number of aliphatic hydroxyl groups is 1. The fourth-order valence-corrected chi connectivity index (χ4v) is 3.81. The number of Topliss-reactive ketones (excluding diaryl/α,β-unsaturated/α-hetero) is 1. The average molecular weight is 268 g/mol. The Bertz CT molecular complexity index is 294. The number of rotatable bonds is 4. The summed E-state index contributed by atoms with van der Waals surface area (Å²) in [7, 11) is 1.69. The van der Waals surface area contributed by atoms with Crippen LogP contribution in [0.2, 0.25) is 0 Å². The molecule has 0 aliphatic heterocycles. The highest BCUT2D eigenvalue weighted by Crippen LogP contribution is 2.36. The van der Waals surface area contributed by atoms with E-state index in [0.717, 1.165) is 31.6 Å². The van der Waals surface area contributed by atoms with E-state index in [1.807, 2.05) is 0 Å². The van der Waals surface area contributed by atoms with Gasteiger partial charge in [-0.25, -0.2) is 0 Å². The smallest absolute Gasteiger partial charge is 0.141 e. The van der Waals surface area contributed by atoms with Gasteiger partial charge in [-0.15, -0.1) is 0 Å². The van der Waals surface area contributed by atoms with Crippen LogP contribution in [0.25, 0.3) is 0 Å². The van der Waals surface area contributed by atoms with Gasteiger partial charge in [0.05, 0.1) is 12.2 Å². The topological polar surface area (TPSA) is 46.5 Å². The highest BCUT2D eigenvalue weighted by atomic mass is 16.5. The largest absolute Gasteiger partial charge is 0.392 e. The number of aliphatic hydroxyl groups excluding tert-OH is 1. The summed E-state index contributed by atoms with van der Waals surface area (Å²) in [4.78, 5) is 12.6. The Kier molecular flexibility index (Phi) is 5.40. The van der Waals surface area contributed by atoms with Gasteiger partial charge in [-0.05, 0) is 44.4 Å². The number of methoxy groups -OCH3 is 1. The van der Waals surface area contributed by atoms with E-state index in [1.54, 1.807) is 7.11 Å². The monoisotopic (exact) mass is 268 g/mol. The molecule has 3 atom stereocenters. The molecule has 0 radical (unpaired) electrons. The van der Waals surface area contributed by atoms with Crippen LogP contribution in [0.4, 0.5) is 0 Å². The molecule has 0 aromatic rings. The van der Waals surface area contributed by atoms with Crippen molar-refractivity contribution in [1.29, 1.82) is 0 Å². The summed E-state index contributed by atoms with van der Waals surface area (Å²) in [5.41, 5.74) is 0. The molecular weight excluding hydrogens is 240 g/mol. The summed E-state index contributed by atoms with van der Waals surface area (Å²) in [5, 5.41) is 10.2. The van der Waals surface area contributed by atoms with E-state index in [-0.39, 0.29) is 17.9 Å². The van der Waals surface area contributed by atoms with Gasteiger partial charge >= 0.3 is 0 Å². The highest BCUT2D eigenvalue weighted by Gasteiger charge is 2.37. The zero-order valence-corrected chi connectivity index (χ0v) is 12.3. The molecule has 19 heavy (non-hydrogen) atoms. The first kappa shape index (κ1) is 15.0. The van der Waals surface area contributed by atoms with Gasteiger partial charge in [0, 0.05) is 25.4 Å². The predicted octanol–water partition coefficient (Wildman–Crippen LogP) is 2.95. The van der Waals surface area contributed by atoms with Gasteiger partial charge in [-0.2, -0.15) is 0 Å². The van der Waals surface area contributed by atoms with Gasteiger partial charge < -0.3 is 9.84 Å². The molecule has 3 nitrogen and oxygen atoms in total. The van der Waals surface area contributed by atoms with Crippen molar-refractivity contribution < 1.29 is 14.6 Å². The third kappa shape index (κ3) is 3.57. The fraction of sp³-hybridized carbons (Fsp3) is 0.938. The minimum Gasteiger partial charge on any atom is -0.392 e. The van der Waals surface area contributed by atoms with Crippen molar-refractivity contribution >= 4 is 5.78 Å². The standard InChI is InChI=1S/C16H28O3/c1-3-11-4-6-12(7-5-11)16(18)14-9-8-13(19-2)10-15(14)17/h11-15,17H,3-10H2,1-2H3. The summed E-state index contributed by atoms with van der Waals surface area (Å²) >= 11 is 0. The van der Waals surface area contributed by atoms with Crippen LogP contribution in [0.3, 0.4) is 0 Å².